The van der Waals surface area contributed by atoms with Crippen molar-refractivity contribution in [1.29, 1.82) is 0 Å². The molecule has 1 amide bonds. The van der Waals surface area contributed by atoms with Crippen LogP contribution in [0.25, 0.3) is 0 Å². The van der Waals surface area contributed by atoms with E-state index in [2.05, 4.69) is 4.74 Å². The Bertz CT molecular complexity index is 471. The molecule has 1 N–H and O–H groups in total. The Hall–Kier alpha value is -2.04. The van der Waals surface area contributed by atoms with E-state index in [0.29, 0.717) is 13.0 Å². The second-order valence-electron chi connectivity index (χ2n) is 4.43. The van der Waals surface area contributed by atoms with Gasteiger partial charge in [0, 0.05) is 20.0 Å². The number of carbonyl (C=O) groups excluding carboxylic acids is 2. The second-order valence-corrected chi connectivity index (χ2v) is 4.43. The van der Waals surface area contributed by atoms with E-state index in [-0.39, 0.29) is 29.6 Å². The van der Waals surface area contributed by atoms with E-state index in [0.717, 1.165) is 5.56 Å². The Morgan fingerprint density at radius 1 is 1.37 bits per heavy atom. The van der Waals surface area contributed by atoms with Gasteiger partial charge in [0.25, 0.3) is 5.91 Å². The van der Waals surface area contributed by atoms with Crippen molar-refractivity contribution in [3.8, 4) is 5.75 Å². The fraction of sp³-hybridized carbons (Fsp3) is 0.429. The molecule has 0 bridgehead atoms. The highest BCUT2D eigenvalue weighted by atomic mass is 16.5. The maximum Gasteiger partial charge on any atom is 0.305 e. The van der Waals surface area contributed by atoms with Gasteiger partial charge in [-0.3, -0.25) is 9.59 Å². The minimum atomic E-state index is -0.292. The van der Waals surface area contributed by atoms with E-state index < -0.39 is 0 Å². The molecule has 104 valence electrons. The van der Waals surface area contributed by atoms with Crippen LogP contribution in [-0.4, -0.2) is 42.6 Å². The van der Waals surface area contributed by atoms with Gasteiger partial charge in [0.05, 0.1) is 12.7 Å². The third-order valence-electron chi connectivity index (χ3n) is 2.83. The Labute approximate surface area is 112 Å². The van der Waals surface area contributed by atoms with Gasteiger partial charge >= 0.3 is 5.97 Å². The lowest BCUT2D eigenvalue weighted by molar-refractivity contribution is -0.140. The largest absolute Gasteiger partial charge is 0.507 e. The fourth-order valence-electron chi connectivity index (χ4n) is 1.69. The first-order chi connectivity index (χ1) is 8.95. The zero-order valence-corrected chi connectivity index (χ0v) is 11.5. The lowest BCUT2D eigenvalue weighted by Crippen LogP contribution is -2.28. The van der Waals surface area contributed by atoms with Crippen molar-refractivity contribution >= 4 is 11.9 Å². The number of aryl methyl sites for hydroxylation is 1. The number of esters is 1. The summed E-state index contributed by atoms with van der Waals surface area (Å²) in [4.78, 5) is 24.6. The number of nitrogens with zero attached hydrogens (tertiary/aromatic N) is 1. The first kappa shape index (κ1) is 15.0. The van der Waals surface area contributed by atoms with E-state index in [4.69, 9.17) is 0 Å². The molecule has 0 fully saturated rings. The summed E-state index contributed by atoms with van der Waals surface area (Å²) in [6, 6.07) is 4.89. The molecule has 0 aliphatic carbocycles. The normalized spacial score (nSPS) is 10.1. The topological polar surface area (TPSA) is 66.8 Å². The molecule has 0 saturated carbocycles. The van der Waals surface area contributed by atoms with E-state index in [1.165, 1.54) is 18.1 Å². The monoisotopic (exact) mass is 265 g/mol. The van der Waals surface area contributed by atoms with Crippen LogP contribution in [0.2, 0.25) is 0 Å². The molecule has 0 heterocycles. The van der Waals surface area contributed by atoms with Crippen molar-refractivity contribution in [2.75, 3.05) is 20.7 Å². The maximum atomic E-state index is 12.1. The number of carbonyl (C=O) groups is 2. The van der Waals surface area contributed by atoms with Crippen LogP contribution in [0.5, 0.6) is 5.75 Å². The van der Waals surface area contributed by atoms with Gasteiger partial charge in [-0.15, -0.1) is 0 Å². The average Bonchev–Trinajstić information content (AvgIpc) is 2.40. The van der Waals surface area contributed by atoms with Crippen LogP contribution in [0, 0.1) is 6.92 Å². The minimum Gasteiger partial charge on any atom is -0.507 e. The highest BCUT2D eigenvalue weighted by Crippen LogP contribution is 2.19. The molecule has 5 heteroatoms. The number of rotatable bonds is 5. The minimum absolute atomic E-state index is 0.0320. The molecule has 19 heavy (non-hydrogen) atoms. The molecular formula is C14H19NO4. The number of benzene rings is 1. The fourth-order valence-corrected chi connectivity index (χ4v) is 1.69. The van der Waals surface area contributed by atoms with Gasteiger partial charge < -0.3 is 14.7 Å². The number of hydrogen-bond donors (Lipinski definition) is 1. The molecule has 0 atom stereocenters. The molecule has 0 unspecified atom stereocenters. The summed E-state index contributed by atoms with van der Waals surface area (Å²) < 4.78 is 4.53. The van der Waals surface area contributed by atoms with Crippen LogP contribution in [-0.2, 0) is 9.53 Å². The van der Waals surface area contributed by atoms with Crippen LogP contribution in [0.4, 0.5) is 0 Å². The second kappa shape index (κ2) is 6.78. The molecule has 1 aromatic rings. The first-order valence-corrected chi connectivity index (χ1v) is 6.07. The summed E-state index contributed by atoms with van der Waals surface area (Å²) in [6.07, 6.45) is 0.801. The Morgan fingerprint density at radius 3 is 2.68 bits per heavy atom. The number of methoxy groups -OCH3 is 1. The number of phenolic OH excluding ortho intramolecular Hbond substituents is 1. The highest BCUT2D eigenvalue weighted by Gasteiger charge is 2.16. The van der Waals surface area contributed by atoms with Gasteiger partial charge in [0.1, 0.15) is 5.75 Å². The predicted octanol–water partition coefficient (Wildman–Crippen LogP) is 1.73. The van der Waals surface area contributed by atoms with E-state index in [1.807, 2.05) is 6.92 Å². The van der Waals surface area contributed by atoms with Gasteiger partial charge in [0.2, 0.25) is 0 Å². The lowest BCUT2D eigenvalue weighted by atomic mass is 10.1. The van der Waals surface area contributed by atoms with Gasteiger partial charge in [0.15, 0.2) is 0 Å². The van der Waals surface area contributed by atoms with Crippen LogP contribution in [0.15, 0.2) is 18.2 Å². The Kier molecular flexibility index (Phi) is 5.36. The number of amides is 1. The lowest BCUT2D eigenvalue weighted by Gasteiger charge is -2.17. The van der Waals surface area contributed by atoms with Gasteiger partial charge in [-0.2, -0.15) is 0 Å². The maximum absolute atomic E-state index is 12.1. The van der Waals surface area contributed by atoms with Gasteiger partial charge in [-0.05, 0) is 25.5 Å². The van der Waals surface area contributed by atoms with Gasteiger partial charge in [-0.25, -0.2) is 0 Å². The molecule has 0 aromatic heterocycles. The van der Waals surface area contributed by atoms with Crippen molar-refractivity contribution in [3.63, 3.8) is 0 Å². The van der Waals surface area contributed by atoms with Crippen molar-refractivity contribution in [3.05, 3.63) is 29.3 Å². The van der Waals surface area contributed by atoms with Crippen LogP contribution < -0.4 is 0 Å². The quantitative estimate of drug-likeness (QED) is 0.823. The summed E-state index contributed by atoms with van der Waals surface area (Å²) in [5.74, 6) is -0.583. The third kappa shape index (κ3) is 4.28. The third-order valence-corrected chi connectivity index (χ3v) is 2.83. The predicted molar refractivity (Wildman–Crippen MR) is 71.1 cm³/mol. The molecule has 5 nitrogen and oxygen atoms in total. The van der Waals surface area contributed by atoms with Crippen LogP contribution >= 0.6 is 0 Å². The molecule has 0 aliphatic heterocycles. The number of phenols is 1. The number of aromatic hydroxyl groups is 1. The summed E-state index contributed by atoms with van der Waals surface area (Å²) in [5.41, 5.74) is 1.18. The molecular weight excluding hydrogens is 246 g/mol. The number of hydrogen-bond acceptors (Lipinski definition) is 4. The molecule has 1 aromatic carbocycles. The van der Waals surface area contributed by atoms with E-state index in [9.17, 15) is 14.7 Å². The van der Waals surface area contributed by atoms with Crippen molar-refractivity contribution in [2.45, 2.75) is 19.8 Å². The summed E-state index contributed by atoms with van der Waals surface area (Å²) >= 11 is 0. The van der Waals surface area contributed by atoms with Crippen LogP contribution in [0.1, 0.15) is 28.8 Å². The van der Waals surface area contributed by atoms with E-state index >= 15 is 0 Å². The van der Waals surface area contributed by atoms with Crippen molar-refractivity contribution in [2.24, 2.45) is 0 Å². The SMILES string of the molecule is COC(=O)CCCN(C)C(=O)c1cc(C)ccc1O. The Morgan fingerprint density at radius 2 is 2.05 bits per heavy atom. The van der Waals surface area contributed by atoms with Crippen molar-refractivity contribution < 1.29 is 19.4 Å². The first-order valence-electron chi connectivity index (χ1n) is 6.07. The standard InChI is InChI=1S/C14H19NO4/c1-10-6-7-12(16)11(9-10)14(18)15(2)8-4-5-13(17)19-3/h6-7,9,16H,4-5,8H2,1-3H3. The van der Waals surface area contributed by atoms with Crippen molar-refractivity contribution in [1.82, 2.24) is 4.90 Å². The average molecular weight is 265 g/mol. The highest BCUT2D eigenvalue weighted by molar-refractivity contribution is 5.96. The molecule has 0 spiro atoms. The molecule has 0 aliphatic rings. The van der Waals surface area contributed by atoms with Gasteiger partial charge in [-0.1, -0.05) is 11.6 Å². The zero-order chi connectivity index (χ0) is 14.4. The summed E-state index contributed by atoms with van der Waals surface area (Å²) in [7, 11) is 2.98. The smallest absolute Gasteiger partial charge is 0.305 e. The summed E-state index contributed by atoms with van der Waals surface area (Å²) in [5, 5.41) is 9.68. The molecule has 1 rings (SSSR count). The Balaban J connectivity index is 2.61. The molecule has 0 radical (unpaired) electrons. The molecule has 0 saturated heterocycles. The van der Waals surface area contributed by atoms with E-state index in [1.54, 1.807) is 19.2 Å². The van der Waals surface area contributed by atoms with Crippen LogP contribution in [0.3, 0.4) is 0 Å². The number of ether oxygens (including phenoxy) is 1. The zero-order valence-electron chi connectivity index (χ0n) is 11.5. The summed E-state index contributed by atoms with van der Waals surface area (Å²) in [6.45, 7) is 2.29.